The predicted molar refractivity (Wildman–Crippen MR) is 71.5 cm³/mol. The fraction of sp³-hybridized carbons (Fsp3) is 0.500. The van der Waals surface area contributed by atoms with Gasteiger partial charge < -0.3 is 11.1 Å². The molecule has 0 amide bonds. The van der Waals surface area contributed by atoms with Gasteiger partial charge in [-0.3, -0.25) is 0 Å². The molecule has 0 aliphatic rings. The first-order valence-corrected chi connectivity index (χ1v) is 7.02. The van der Waals surface area contributed by atoms with Gasteiger partial charge in [0.15, 0.2) is 11.6 Å². The van der Waals surface area contributed by atoms with Crippen LogP contribution in [0.15, 0.2) is 12.1 Å². The van der Waals surface area contributed by atoms with Crippen LogP contribution in [0.2, 0.25) is 0 Å². The summed E-state index contributed by atoms with van der Waals surface area (Å²) in [5, 5.41) is 2.77. The number of hydrogen-bond acceptors (Lipinski definition) is 3. The molecule has 0 aliphatic carbocycles. The van der Waals surface area contributed by atoms with Crippen molar-refractivity contribution in [3.05, 3.63) is 23.8 Å². The number of unbranched alkanes of at least 4 members (excludes halogenated alkanes) is 2. The lowest BCUT2D eigenvalue weighted by molar-refractivity contribution is 0.587. The van der Waals surface area contributed by atoms with E-state index in [1.54, 1.807) is 0 Å². The van der Waals surface area contributed by atoms with Crippen molar-refractivity contribution in [2.75, 3.05) is 29.6 Å². The topological polar surface area (TPSA) is 38.0 Å². The summed E-state index contributed by atoms with van der Waals surface area (Å²) >= 11 is 1.81. The van der Waals surface area contributed by atoms with E-state index >= 15 is 0 Å². The smallest absolute Gasteiger partial charge is 0.151 e. The number of nitrogens with one attached hydrogen (secondary N) is 1. The van der Waals surface area contributed by atoms with Crippen LogP contribution in [0.1, 0.15) is 19.3 Å². The Balaban J connectivity index is 2.36. The average Bonchev–Trinajstić information content (AvgIpc) is 2.26. The van der Waals surface area contributed by atoms with Gasteiger partial charge in [-0.15, -0.1) is 0 Å². The minimum Gasteiger partial charge on any atom is -0.399 e. The van der Waals surface area contributed by atoms with Gasteiger partial charge in [-0.1, -0.05) is 6.42 Å². The highest BCUT2D eigenvalue weighted by molar-refractivity contribution is 7.98. The largest absolute Gasteiger partial charge is 0.399 e. The maximum atomic E-state index is 13.4. The van der Waals surface area contributed by atoms with Crippen LogP contribution in [0, 0.1) is 11.6 Å². The number of thioether (sulfide) groups is 1. The number of rotatable bonds is 7. The molecule has 1 aromatic rings. The molecule has 1 rings (SSSR count). The summed E-state index contributed by atoms with van der Waals surface area (Å²) < 4.78 is 26.7. The molecule has 0 saturated heterocycles. The molecular formula is C12H18F2N2S. The Morgan fingerprint density at radius 3 is 2.41 bits per heavy atom. The Morgan fingerprint density at radius 2 is 1.82 bits per heavy atom. The summed E-state index contributed by atoms with van der Waals surface area (Å²) in [5.74, 6) is -0.136. The molecule has 0 aliphatic heterocycles. The Morgan fingerprint density at radius 1 is 1.18 bits per heavy atom. The van der Waals surface area contributed by atoms with Gasteiger partial charge in [-0.05, 0) is 37.0 Å². The molecule has 0 aromatic heterocycles. The summed E-state index contributed by atoms with van der Waals surface area (Å²) in [7, 11) is 0. The Kier molecular flexibility index (Phi) is 6.11. The standard InChI is InChI=1S/C12H18F2N2S/c1-17-6-4-2-3-5-16-12-10(13)7-9(15)8-11(12)14/h7-8,16H,2-6,15H2,1H3. The maximum Gasteiger partial charge on any atom is 0.151 e. The van der Waals surface area contributed by atoms with Crippen LogP contribution in [0.4, 0.5) is 20.2 Å². The van der Waals surface area contributed by atoms with E-state index in [1.165, 1.54) is 0 Å². The van der Waals surface area contributed by atoms with Crippen LogP contribution >= 0.6 is 11.8 Å². The summed E-state index contributed by atoms with van der Waals surface area (Å²) in [6, 6.07) is 2.25. The van der Waals surface area contributed by atoms with Crippen LogP contribution in [0.3, 0.4) is 0 Å². The number of halogens is 2. The molecule has 1 aromatic carbocycles. The molecule has 0 saturated carbocycles. The van der Waals surface area contributed by atoms with Gasteiger partial charge in [-0.2, -0.15) is 11.8 Å². The molecule has 2 nitrogen and oxygen atoms in total. The molecule has 96 valence electrons. The molecule has 0 atom stereocenters. The van der Waals surface area contributed by atoms with Gasteiger partial charge in [-0.25, -0.2) is 8.78 Å². The van der Waals surface area contributed by atoms with Crippen molar-refractivity contribution in [2.24, 2.45) is 0 Å². The van der Waals surface area contributed by atoms with Crippen LogP contribution in [-0.4, -0.2) is 18.6 Å². The average molecular weight is 260 g/mol. The maximum absolute atomic E-state index is 13.4. The molecule has 0 fully saturated rings. The zero-order valence-corrected chi connectivity index (χ0v) is 10.7. The van der Waals surface area contributed by atoms with Crippen molar-refractivity contribution in [2.45, 2.75) is 19.3 Å². The predicted octanol–water partition coefficient (Wildman–Crippen LogP) is 3.49. The highest BCUT2D eigenvalue weighted by Crippen LogP contribution is 2.21. The second kappa shape index (κ2) is 7.37. The third-order valence-corrected chi connectivity index (χ3v) is 3.09. The van der Waals surface area contributed by atoms with Crippen LogP contribution < -0.4 is 11.1 Å². The lowest BCUT2D eigenvalue weighted by Crippen LogP contribution is -2.06. The molecular weight excluding hydrogens is 242 g/mol. The normalized spacial score (nSPS) is 10.5. The second-order valence-electron chi connectivity index (χ2n) is 3.84. The first-order valence-electron chi connectivity index (χ1n) is 5.62. The zero-order chi connectivity index (χ0) is 12.7. The fourth-order valence-corrected chi connectivity index (χ4v) is 2.02. The Hall–Kier alpha value is -0.970. The SMILES string of the molecule is CSCCCCCNc1c(F)cc(N)cc1F. The van der Waals surface area contributed by atoms with E-state index in [0.29, 0.717) is 6.54 Å². The Labute approximate surface area is 105 Å². The van der Waals surface area contributed by atoms with Gasteiger partial charge in [0.2, 0.25) is 0 Å². The second-order valence-corrected chi connectivity index (χ2v) is 4.83. The third-order valence-electron chi connectivity index (χ3n) is 2.39. The molecule has 0 spiro atoms. The van der Waals surface area contributed by atoms with Gasteiger partial charge in [0, 0.05) is 12.2 Å². The summed E-state index contributed by atoms with van der Waals surface area (Å²) in [4.78, 5) is 0. The van der Waals surface area contributed by atoms with Crippen molar-refractivity contribution in [3.63, 3.8) is 0 Å². The number of benzene rings is 1. The van der Waals surface area contributed by atoms with Crippen molar-refractivity contribution in [1.29, 1.82) is 0 Å². The summed E-state index contributed by atoms with van der Waals surface area (Å²) in [6.07, 6.45) is 5.17. The minimum atomic E-state index is -0.633. The van der Waals surface area contributed by atoms with Crippen LogP contribution in [0.5, 0.6) is 0 Å². The highest BCUT2D eigenvalue weighted by Gasteiger charge is 2.09. The first-order chi connectivity index (χ1) is 8.15. The molecule has 5 heteroatoms. The van der Waals surface area contributed by atoms with Crippen LogP contribution in [0.25, 0.3) is 0 Å². The molecule has 0 bridgehead atoms. The van der Waals surface area contributed by atoms with E-state index in [1.807, 2.05) is 11.8 Å². The number of anilines is 2. The van der Waals surface area contributed by atoms with Crippen molar-refractivity contribution < 1.29 is 8.78 Å². The molecule has 3 N–H and O–H groups in total. The van der Waals surface area contributed by atoms with Gasteiger partial charge in [0.25, 0.3) is 0 Å². The number of hydrogen-bond donors (Lipinski definition) is 2. The number of nitrogens with two attached hydrogens (primary N) is 1. The van der Waals surface area contributed by atoms with E-state index in [9.17, 15) is 8.78 Å². The Bertz CT molecular complexity index is 335. The lowest BCUT2D eigenvalue weighted by atomic mass is 10.2. The van der Waals surface area contributed by atoms with Crippen molar-refractivity contribution in [1.82, 2.24) is 0 Å². The van der Waals surface area contributed by atoms with Crippen molar-refractivity contribution in [3.8, 4) is 0 Å². The molecule has 0 heterocycles. The van der Waals surface area contributed by atoms with Gasteiger partial charge >= 0.3 is 0 Å². The summed E-state index contributed by atoms with van der Waals surface area (Å²) in [6.45, 7) is 0.576. The lowest BCUT2D eigenvalue weighted by Gasteiger charge is -2.09. The zero-order valence-electron chi connectivity index (χ0n) is 9.93. The minimum absolute atomic E-state index is 0.0796. The van der Waals surface area contributed by atoms with Gasteiger partial charge in [0.1, 0.15) is 5.69 Å². The monoisotopic (exact) mass is 260 g/mol. The quantitative estimate of drug-likeness (QED) is 0.582. The van der Waals surface area contributed by atoms with Gasteiger partial charge in [0.05, 0.1) is 0 Å². The first kappa shape index (κ1) is 14.1. The van der Waals surface area contributed by atoms with Crippen molar-refractivity contribution >= 4 is 23.1 Å². The third kappa shape index (κ3) is 4.81. The number of nitrogen functional groups attached to an aromatic ring is 1. The van der Waals surface area contributed by atoms with Crippen LogP contribution in [-0.2, 0) is 0 Å². The van der Waals surface area contributed by atoms with E-state index < -0.39 is 11.6 Å². The molecule has 0 unspecified atom stereocenters. The van der Waals surface area contributed by atoms with E-state index in [-0.39, 0.29) is 11.4 Å². The highest BCUT2D eigenvalue weighted by atomic mass is 32.2. The van der Waals surface area contributed by atoms with E-state index in [0.717, 1.165) is 37.1 Å². The molecule has 17 heavy (non-hydrogen) atoms. The molecule has 0 radical (unpaired) electrons. The van der Waals surface area contributed by atoms with E-state index in [2.05, 4.69) is 11.6 Å². The van der Waals surface area contributed by atoms with E-state index in [4.69, 9.17) is 5.73 Å². The fourth-order valence-electron chi connectivity index (χ4n) is 1.52. The summed E-state index contributed by atoms with van der Waals surface area (Å²) in [5.41, 5.74) is 5.35.